The summed E-state index contributed by atoms with van der Waals surface area (Å²) < 4.78 is 0. The smallest absolute Gasteiger partial charge is 0.153 e. The van der Waals surface area contributed by atoms with Crippen molar-refractivity contribution < 1.29 is 9.90 Å². The van der Waals surface area contributed by atoms with Crippen LogP contribution in [-0.2, 0) is 4.79 Å². The summed E-state index contributed by atoms with van der Waals surface area (Å²) in [5.41, 5.74) is 0.448. The van der Waals surface area contributed by atoms with Gasteiger partial charge in [-0.15, -0.1) is 0 Å². The van der Waals surface area contributed by atoms with E-state index in [1.165, 1.54) is 0 Å². The van der Waals surface area contributed by atoms with Crippen LogP contribution < -0.4 is 0 Å². The molecular formula is C8H7ClO2. The first-order valence-corrected chi connectivity index (χ1v) is 3.51. The molecule has 1 atom stereocenters. The first-order valence-electron chi connectivity index (χ1n) is 3.13. The maximum absolute atomic E-state index is 10.1. The number of aliphatic hydroxyl groups is 1. The average Bonchev–Trinajstić information content (AvgIpc) is 2.04. The Morgan fingerprint density at radius 2 is 2.09 bits per heavy atom. The topological polar surface area (TPSA) is 37.3 Å². The van der Waals surface area contributed by atoms with E-state index in [0.717, 1.165) is 0 Å². The third-order valence-electron chi connectivity index (χ3n) is 1.35. The largest absolute Gasteiger partial charge is 0.381 e. The van der Waals surface area contributed by atoms with Crippen LogP contribution >= 0.6 is 11.6 Å². The molecule has 0 aliphatic carbocycles. The standard InChI is InChI=1S/C8H7ClO2/c9-7-4-2-1-3-6(7)8(11)5-10/h1-5,8,11H. The van der Waals surface area contributed by atoms with E-state index in [9.17, 15) is 4.79 Å². The van der Waals surface area contributed by atoms with Crippen LogP contribution in [0.5, 0.6) is 0 Å². The van der Waals surface area contributed by atoms with Crippen molar-refractivity contribution in [3.8, 4) is 0 Å². The number of halogens is 1. The zero-order valence-corrected chi connectivity index (χ0v) is 6.45. The zero-order chi connectivity index (χ0) is 8.27. The van der Waals surface area contributed by atoms with Crippen LogP contribution in [-0.4, -0.2) is 11.4 Å². The Bertz CT molecular complexity index is 260. The summed E-state index contributed by atoms with van der Waals surface area (Å²) in [6.45, 7) is 0. The number of carbonyl (C=O) groups excluding carboxylic acids is 1. The number of benzene rings is 1. The molecule has 0 saturated heterocycles. The third kappa shape index (κ3) is 1.79. The van der Waals surface area contributed by atoms with E-state index >= 15 is 0 Å². The molecule has 1 aromatic rings. The van der Waals surface area contributed by atoms with Gasteiger partial charge in [0.2, 0.25) is 0 Å². The molecule has 0 heterocycles. The lowest BCUT2D eigenvalue weighted by Gasteiger charge is -2.03. The Balaban J connectivity index is 3.02. The van der Waals surface area contributed by atoms with E-state index in [-0.39, 0.29) is 0 Å². The van der Waals surface area contributed by atoms with Gasteiger partial charge < -0.3 is 9.90 Å². The molecule has 0 saturated carbocycles. The van der Waals surface area contributed by atoms with E-state index in [1.54, 1.807) is 24.3 Å². The number of aldehydes is 1. The molecule has 0 spiro atoms. The van der Waals surface area contributed by atoms with Crippen LogP contribution in [0.4, 0.5) is 0 Å². The summed E-state index contributed by atoms with van der Waals surface area (Å²) in [6, 6.07) is 6.70. The Morgan fingerprint density at radius 3 is 2.64 bits per heavy atom. The zero-order valence-electron chi connectivity index (χ0n) is 5.70. The molecule has 1 aromatic carbocycles. The second-order valence-electron chi connectivity index (χ2n) is 2.10. The maximum Gasteiger partial charge on any atom is 0.153 e. The van der Waals surface area contributed by atoms with Crippen molar-refractivity contribution in [2.75, 3.05) is 0 Å². The normalized spacial score (nSPS) is 12.5. The SMILES string of the molecule is O=CC(O)c1ccccc1Cl. The van der Waals surface area contributed by atoms with Gasteiger partial charge in [0.25, 0.3) is 0 Å². The summed E-state index contributed by atoms with van der Waals surface area (Å²) >= 11 is 5.68. The van der Waals surface area contributed by atoms with Gasteiger partial charge in [0.15, 0.2) is 6.29 Å². The van der Waals surface area contributed by atoms with Gasteiger partial charge in [-0.05, 0) is 6.07 Å². The van der Waals surface area contributed by atoms with E-state index in [1.807, 2.05) is 0 Å². The molecule has 58 valence electrons. The van der Waals surface area contributed by atoms with Gasteiger partial charge in [0.1, 0.15) is 6.10 Å². The number of hydrogen-bond donors (Lipinski definition) is 1. The number of rotatable bonds is 2. The summed E-state index contributed by atoms with van der Waals surface area (Å²) in [4.78, 5) is 10.1. The van der Waals surface area contributed by atoms with Crippen molar-refractivity contribution in [1.82, 2.24) is 0 Å². The molecule has 2 nitrogen and oxygen atoms in total. The van der Waals surface area contributed by atoms with Crippen LogP contribution in [0.25, 0.3) is 0 Å². The minimum absolute atomic E-state index is 0.409. The molecule has 1 unspecified atom stereocenters. The molecule has 0 amide bonds. The lowest BCUT2D eigenvalue weighted by atomic mass is 10.1. The second kappa shape index (κ2) is 3.51. The summed E-state index contributed by atoms with van der Waals surface area (Å²) in [6.07, 6.45) is -0.662. The first-order chi connectivity index (χ1) is 5.25. The molecule has 1 rings (SSSR count). The van der Waals surface area contributed by atoms with Crippen LogP contribution in [0.3, 0.4) is 0 Å². The summed E-state index contributed by atoms with van der Waals surface area (Å²) in [7, 11) is 0. The Hall–Kier alpha value is -0.860. The number of carbonyl (C=O) groups is 1. The van der Waals surface area contributed by atoms with Gasteiger partial charge in [-0.3, -0.25) is 0 Å². The molecule has 11 heavy (non-hydrogen) atoms. The van der Waals surface area contributed by atoms with Gasteiger partial charge in [0, 0.05) is 10.6 Å². The van der Waals surface area contributed by atoms with Crippen LogP contribution in [0.15, 0.2) is 24.3 Å². The van der Waals surface area contributed by atoms with Gasteiger partial charge in [-0.1, -0.05) is 29.8 Å². The fourth-order valence-corrected chi connectivity index (χ4v) is 1.04. The van der Waals surface area contributed by atoms with Gasteiger partial charge in [0.05, 0.1) is 0 Å². The predicted molar refractivity (Wildman–Crippen MR) is 42.5 cm³/mol. The molecule has 0 aromatic heterocycles. The van der Waals surface area contributed by atoms with Crippen molar-refractivity contribution in [3.63, 3.8) is 0 Å². The van der Waals surface area contributed by atoms with Crippen molar-refractivity contribution >= 4 is 17.9 Å². The Morgan fingerprint density at radius 1 is 1.45 bits per heavy atom. The fraction of sp³-hybridized carbons (Fsp3) is 0.125. The molecule has 1 N–H and O–H groups in total. The second-order valence-corrected chi connectivity index (χ2v) is 2.51. The number of aliphatic hydroxyl groups excluding tert-OH is 1. The van der Waals surface area contributed by atoms with Crippen LogP contribution in [0.1, 0.15) is 11.7 Å². The molecule has 0 bridgehead atoms. The van der Waals surface area contributed by atoms with E-state index < -0.39 is 6.10 Å². The lowest BCUT2D eigenvalue weighted by molar-refractivity contribution is -0.115. The molecule has 3 heteroatoms. The summed E-state index contributed by atoms with van der Waals surface area (Å²) in [5.74, 6) is 0. The highest BCUT2D eigenvalue weighted by Crippen LogP contribution is 2.20. The highest BCUT2D eigenvalue weighted by atomic mass is 35.5. The van der Waals surface area contributed by atoms with Crippen molar-refractivity contribution in [2.24, 2.45) is 0 Å². The highest BCUT2D eigenvalue weighted by molar-refractivity contribution is 6.31. The van der Waals surface area contributed by atoms with Crippen molar-refractivity contribution in [1.29, 1.82) is 0 Å². The van der Waals surface area contributed by atoms with E-state index in [0.29, 0.717) is 16.9 Å². The molecule has 0 aliphatic rings. The third-order valence-corrected chi connectivity index (χ3v) is 1.70. The van der Waals surface area contributed by atoms with Gasteiger partial charge >= 0.3 is 0 Å². The molecule has 0 aliphatic heterocycles. The average molecular weight is 171 g/mol. The van der Waals surface area contributed by atoms with E-state index in [4.69, 9.17) is 16.7 Å². The predicted octanol–water partition coefficient (Wildman–Crippen LogP) is 1.57. The quantitative estimate of drug-likeness (QED) is 0.685. The van der Waals surface area contributed by atoms with Crippen LogP contribution in [0, 0.1) is 0 Å². The Kier molecular flexibility index (Phi) is 2.63. The molecule has 0 fully saturated rings. The van der Waals surface area contributed by atoms with Crippen LogP contribution in [0.2, 0.25) is 5.02 Å². The fourth-order valence-electron chi connectivity index (χ4n) is 0.788. The van der Waals surface area contributed by atoms with Gasteiger partial charge in [-0.2, -0.15) is 0 Å². The molecular weight excluding hydrogens is 164 g/mol. The summed E-state index contributed by atoms with van der Waals surface area (Å²) in [5, 5.41) is 9.47. The maximum atomic E-state index is 10.1. The number of hydrogen-bond acceptors (Lipinski definition) is 2. The van der Waals surface area contributed by atoms with E-state index in [2.05, 4.69) is 0 Å². The van der Waals surface area contributed by atoms with Crippen molar-refractivity contribution in [3.05, 3.63) is 34.9 Å². The monoisotopic (exact) mass is 170 g/mol. The highest BCUT2D eigenvalue weighted by Gasteiger charge is 2.07. The lowest BCUT2D eigenvalue weighted by Crippen LogP contribution is -1.98. The molecule has 0 radical (unpaired) electrons. The van der Waals surface area contributed by atoms with Gasteiger partial charge in [-0.25, -0.2) is 0 Å². The Labute approximate surface area is 69.4 Å². The minimum Gasteiger partial charge on any atom is -0.381 e. The van der Waals surface area contributed by atoms with Crippen molar-refractivity contribution in [2.45, 2.75) is 6.10 Å². The minimum atomic E-state index is -1.11. The first kappa shape index (κ1) is 8.24.